The smallest absolute Gasteiger partial charge is 0.406 e. The second-order valence-electron chi connectivity index (χ2n) is 6.89. The third-order valence-electron chi connectivity index (χ3n) is 4.81. The summed E-state index contributed by atoms with van der Waals surface area (Å²) in [6, 6.07) is 5.83. The normalized spacial score (nSPS) is 15.5. The zero-order chi connectivity index (χ0) is 21.0. The molecule has 1 aliphatic rings. The van der Waals surface area contributed by atoms with Crippen LogP contribution in [0, 0.1) is 6.92 Å². The highest BCUT2D eigenvalue weighted by molar-refractivity contribution is 7.07. The predicted octanol–water partition coefficient (Wildman–Crippen LogP) is 2.85. The minimum absolute atomic E-state index is 0.0239. The average Bonchev–Trinajstić information content (AvgIpc) is 2.98. The van der Waals surface area contributed by atoms with Crippen LogP contribution in [0.3, 0.4) is 0 Å². The Bertz CT molecular complexity index is 885. The summed E-state index contributed by atoms with van der Waals surface area (Å²) in [7, 11) is 0. The molecular formula is C19H22F3N3O3S. The van der Waals surface area contributed by atoms with Crippen molar-refractivity contribution in [3.63, 3.8) is 0 Å². The second kappa shape index (κ2) is 9.00. The number of benzene rings is 1. The van der Waals surface area contributed by atoms with Crippen LogP contribution in [0.25, 0.3) is 0 Å². The quantitative estimate of drug-likeness (QED) is 0.709. The van der Waals surface area contributed by atoms with Crippen molar-refractivity contribution >= 4 is 17.2 Å². The summed E-state index contributed by atoms with van der Waals surface area (Å²) >= 11 is 1.14. The van der Waals surface area contributed by atoms with Gasteiger partial charge < -0.3 is 14.2 Å². The highest BCUT2D eigenvalue weighted by Crippen LogP contribution is 2.23. The van der Waals surface area contributed by atoms with Gasteiger partial charge in [-0.1, -0.05) is 23.5 Å². The molecule has 1 aliphatic heterocycles. The lowest BCUT2D eigenvalue weighted by Gasteiger charge is -2.35. The second-order valence-corrected chi connectivity index (χ2v) is 7.71. The lowest BCUT2D eigenvalue weighted by Crippen LogP contribution is -2.48. The number of amides is 1. The maximum absolute atomic E-state index is 12.4. The lowest BCUT2D eigenvalue weighted by atomic mass is 10.2. The van der Waals surface area contributed by atoms with Crippen molar-refractivity contribution in [3.05, 3.63) is 50.6 Å². The van der Waals surface area contributed by atoms with Crippen molar-refractivity contribution in [2.75, 3.05) is 26.2 Å². The zero-order valence-corrected chi connectivity index (χ0v) is 16.8. The van der Waals surface area contributed by atoms with E-state index in [2.05, 4.69) is 9.64 Å². The monoisotopic (exact) mass is 429 g/mol. The number of piperazine rings is 1. The molecule has 2 aromatic rings. The van der Waals surface area contributed by atoms with Crippen LogP contribution in [0.15, 0.2) is 34.4 Å². The molecule has 1 saturated heterocycles. The molecule has 1 aromatic carbocycles. The van der Waals surface area contributed by atoms with E-state index < -0.39 is 6.36 Å². The number of alkyl halides is 3. The summed E-state index contributed by atoms with van der Waals surface area (Å²) in [6.07, 6.45) is -4.40. The van der Waals surface area contributed by atoms with E-state index in [9.17, 15) is 22.8 Å². The van der Waals surface area contributed by atoms with E-state index in [-0.39, 0.29) is 23.0 Å². The van der Waals surface area contributed by atoms with Crippen LogP contribution >= 0.6 is 11.3 Å². The van der Waals surface area contributed by atoms with Crippen LogP contribution in [0.4, 0.5) is 13.2 Å². The van der Waals surface area contributed by atoms with Crippen LogP contribution in [0.5, 0.6) is 5.75 Å². The zero-order valence-electron chi connectivity index (χ0n) is 15.9. The molecule has 0 spiro atoms. The highest BCUT2D eigenvalue weighted by atomic mass is 32.1. The molecule has 0 N–H and O–H groups in total. The van der Waals surface area contributed by atoms with E-state index in [0.717, 1.165) is 22.6 Å². The van der Waals surface area contributed by atoms with Crippen LogP contribution in [0.2, 0.25) is 0 Å². The molecule has 10 heteroatoms. The Labute approximate surface area is 170 Å². The molecule has 0 saturated carbocycles. The minimum Gasteiger partial charge on any atom is -0.406 e. The van der Waals surface area contributed by atoms with E-state index in [4.69, 9.17) is 0 Å². The topological polar surface area (TPSA) is 54.8 Å². The van der Waals surface area contributed by atoms with Crippen molar-refractivity contribution in [3.8, 4) is 5.75 Å². The van der Waals surface area contributed by atoms with Crippen LogP contribution < -0.4 is 9.61 Å². The third-order valence-corrected chi connectivity index (χ3v) is 5.69. The van der Waals surface area contributed by atoms with Gasteiger partial charge in [-0.05, 0) is 24.6 Å². The van der Waals surface area contributed by atoms with E-state index in [1.54, 1.807) is 27.0 Å². The van der Waals surface area contributed by atoms with E-state index in [1.165, 1.54) is 12.1 Å². The molecule has 1 aromatic heterocycles. The van der Waals surface area contributed by atoms with Gasteiger partial charge in [0.1, 0.15) is 5.75 Å². The first-order valence-corrected chi connectivity index (χ1v) is 10.1. The summed E-state index contributed by atoms with van der Waals surface area (Å²) in [6.45, 7) is 5.38. The number of carbonyl (C=O) groups is 1. The molecule has 3 rings (SSSR count). The summed E-state index contributed by atoms with van der Waals surface area (Å²) in [5.74, 6) is -0.215. The fourth-order valence-electron chi connectivity index (χ4n) is 3.25. The molecule has 0 bridgehead atoms. The minimum atomic E-state index is -4.69. The van der Waals surface area contributed by atoms with Crippen molar-refractivity contribution in [1.82, 2.24) is 14.4 Å². The first-order valence-electron chi connectivity index (χ1n) is 9.21. The van der Waals surface area contributed by atoms with Gasteiger partial charge in [0.05, 0.1) is 0 Å². The van der Waals surface area contributed by atoms with Gasteiger partial charge in [0.25, 0.3) is 0 Å². The number of rotatable bonds is 6. The SMILES string of the molecule is Cc1csc(=O)n1CCC(=O)N1CCN(Cc2ccc(OC(F)(F)F)cc2)CC1. The maximum Gasteiger partial charge on any atom is 0.573 e. The van der Waals surface area contributed by atoms with Crippen molar-refractivity contribution in [2.24, 2.45) is 0 Å². The Hall–Kier alpha value is -2.33. The number of carbonyl (C=O) groups excluding carboxylic acids is 1. The molecule has 0 aliphatic carbocycles. The van der Waals surface area contributed by atoms with Crippen molar-refractivity contribution in [1.29, 1.82) is 0 Å². The molecule has 1 amide bonds. The van der Waals surface area contributed by atoms with Gasteiger partial charge in [-0.25, -0.2) is 0 Å². The molecule has 0 radical (unpaired) electrons. The molecule has 0 unspecified atom stereocenters. The molecule has 2 heterocycles. The molecule has 158 valence electrons. The first kappa shape index (κ1) is 21.4. The fraction of sp³-hybridized carbons (Fsp3) is 0.474. The number of aromatic nitrogens is 1. The molecule has 1 fully saturated rings. The highest BCUT2D eigenvalue weighted by Gasteiger charge is 2.31. The number of hydrogen-bond donors (Lipinski definition) is 0. The van der Waals surface area contributed by atoms with Gasteiger partial charge in [0.15, 0.2) is 0 Å². The Morgan fingerprint density at radius 1 is 1.14 bits per heavy atom. The van der Waals surface area contributed by atoms with Gasteiger partial charge in [-0.3, -0.25) is 14.5 Å². The first-order chi connectivity index (χ1) is 13.7. The lowest BCUT2D eigenvalue weighted by molar-refractivity contribution is -0.274. The molecular weight excluding hydrogens is 407 g/mol. The number of thiazole rings is 1. The number of halogens is 3. The van der Waals surface area contributed by atoms with Crippen LogP contribution in [-0.2, 0) is 17.9 Å². The summed E-state index contributed by atoms with van der Waals surface area (Å²) < 4.78 is 42.1. The van der Waals surface area contributed by atoms with Gasteiger partial charge >= 0.3 is 11.2 Å². The van der Waals surface area contributed by atoms with Gasteiger partial charge in [-0.2, -0.15) is 0 Å². The van der Waals surface area contributed by atoms with Crippen LogP contribution in [0.1, 0.15) is 17.7 Å². The Kier molecular flexibility index (Phi) is 6.63. The van der Waals surface area contributed by atoms with Crippen molar-refractivity contribution in [2.45, 2.75) is 32.8 Å². The molecule has 6 nitrogen and oxygen atoms in total. The Balaban J connectivity index is 1.44. The Morgan fingerprint density at radius 3 is 2.34 bits per heavy atom. The van der Waals surface area contributed by atoms with E-state index >= 15 is 0 Å². The number of hydrogen-bond acceptors (Lipinski definition) is 5. The van der Waals surface area contributed by atoms with Crippen molar-refractivity contribution < 1.29 is 22.7 Å². The fourth-order valence-corrected chi connectivity index (χ4v) is 4.01. The number of aryl methyl sites for hydroxylation is 1. The predicted molar refractivity (Wildman–Crippen MR) is 103 cm³/mol. The van der Waals surface area contributed by atoms with E-state index in [0.29, 0.717) is 39.3 Å². The van der Waals surface area contributed by atoms with Gasteiger partial charge in [0, 0.05) is 56.8 Å². The summed E-state index contributed by atoms with van der Waals surface area (Å²) in [5.41, 5.74) is 1.75. The van der Waals surface area contributed by atoms with E-state index in [1.807, 2.05) is 6.92 Å². The number of ether oxygens (including phenoxy) is 1. The largest absolute Gasteiger partial charge is 0.573 e. The maximum atomic E-state index is 12.4. The average molecular weight is 429 g/mol. The standard InChI is InChI=1S/C19H22F3N3O3S/c1-14-13-29-18(27)25(14)7-6-17(26)24-10-8-23(9-11-24)12-15-2-4-16(5-3-15)28-19(20,21)22/h2-5,13H,6-12H2,1H3. The number of nitrogens with zero attached hydrogens (tertiary/aromatic N) is 3. The molecule has 0 atom stereocenters. The van der Waals surface area contributed by atoms with Gasteiger partial charge in [-0.15, -0.1) is 13.2 Å². The molecule has 29 heavy (non-hydrogen) atoms. The third kappa shape index (κ3) is 6.07. The summed E-state index contributed by atoms with van der Waals surface area (Å²) in [4.78, 5) is 28.0. The van der Waals surface area contributed by atoms with Gasteiger partial charge in [0.2, 0.25) is 5.91 Å². The van der Waals surface area contributed by atoms with Crippen LogP contribution in [-0.4, -0.2) is 52.8 Å². The Morgan fingerprint density at radius 2 is 1.79 bits per heavy atom. The summed E-state index contributed by atoms with van der Waals surface area (Å²) in [5, 5.41) is 1.79.